The van der Waals surface area contributed by atoms with Gasteiger partial charge in [0.2, 0.25) is 5.91 Å². The molecule has 11 heavy (non-hydrogen) atoms. The predicted octanol–water partition coefficient (Wildman–Crippen LogP) is 1.54. The molecule has 1 aliphatic carbocycles. The minimum Gasteiger partial charge on any atom is -0.336 e. The van der Waals surface area contributed by atoms with Gasteiger partial charge in [0.05, 0.1) is 5.33 Å². The molecule has 2 nitrogen and oxygen atoms in total. The summed E-state index contributed by atoms with van der Waals surface area (Å²) in [7, 11) is 0. The molecular weight excluding hydrogens is 206 g/mol. The monoisotopic (exact) mass is 217 g/mol. The normalized spacial score (nSPS) is 26.1. The first-order chi connectivity index (χ1) is 5.28. The SMILES string of the molecule is O=C(CBr)N1CCCC12CC2. The van der Waals surface area contributed by atoms with Gasteiger partial charge in [-0.1, -0.05) is 15.9 Å². The van der Waals surface area contributed by atoms with Crippen molar-refractivity contribution in [2.75, 3.05) is 11.9 Å². The van der Waals surface area contributed by atoms with Crippen molar-refractivity contribution in [1.82, 2.24) is 4.90 Å². The summed E-state index contributed by atoms with van der Waals surface area (Å²) in [5.41, 5.74) is 0.338. The maximum atomic E-state index is 11.3. The van der Waals surface area contributed by atoms with E-state index in [1.807, 2.05) is 0 Å². The first kappa shape index (κ1) is 7.59. The summed E-state index contributed by atoms with van der Waals surface area (Å²) in [6.07, 6.45) is 4.93. The number of halogens is 1. The van der Waals surface area contributed by atoms with Gasteiger partial charge < -0.3 is 4.90 Å². The molecule has 62 valence electrons. The summed E-state index contributed by atoms with van der Waals surface area (Å²) in [5, 5.41) is 0.495. The Morgan fingerprint density at radius 1 is 1.45 bits per heavy atom. The van der Waals surface area contributed by atoms with Crippen molar-refractivity contribution in [3.63, 3.8) is 0 Å². The zero-order valence-electron chi connectivity index (χ0n) is 6.48. The first-order valence-corrected chi connectivity index (χ1v) is 5.27. The van der Waals surface area contributed by atoms with Gasteiger partial charge in [-0.05, 0) is 25.7 Å². The lowest BCUT2D eigenvalue weighted by atomic mass is 10.2. The maximum absolute atomic E-state index is 11.3. The van der Waals surface area contributed by atoms with Crippen LogP contribution in [0.5, 0.6) is 0 Å². The van der Waals surface area contributed by atoms with Crippen LogP contribution in [0.2, 0.25) is 0 Å². The lowest BCUT2D eigenvalue weighted by Crippen LogP contribution is -2.37. The Bertz CT molecular complexity index is 189. The lowest BCUT2D eigenvalue weighted by molar-refractivity contribution is -0.129. The van der Waals surface area contributed by atoms with Gasteiger partial charge in [-0.15, -0.1) is 0 Å². The molecule has 0 N–H and O–H groups in total. The van der Waals surface area contributed by atoms with Crippen LogP contribution in [0.1, 0.15) is 25.7 Å². The highest BCUT2D eigenvalue weighted by molar-refractivity contribution is 9.09. The number of hydrogen-bond donors (Lipinski definition) is 0. The van der Waals surface area contributed by atoms with E-state index >= 15 is 0 Å². The third-order valence-corrected chi connectivity index (χ3v) is 3.32. The van der Waals surface area contributed by atoms with Crippen molar-refractivity contribution in [3.05, 3.63) is 0 Å². The molecule has 1 aliphatic heterocycles. The number of carbonyl (C=O) groups excluding carboxylic acids is 1. The van der Waals surface area contributed by atoms with Crippen LogP contribution in [0.25, 0.3) is 0 Å². The predicted molar refractivity (Wildman–Crippen MR) is 46.7 cm³/mol. The fourth-order valence-electron chi connectivity index (χ4n) is 2.06. The highest BCUT2D eigenvalue weighted by Gasteiger charge is 2.52. The van der Waals surface area contributed by atoms with Crippen molar-refractivity contribution < 1.29 is 4.79 Å². The highest BCUT2D eigenvalue weighted by atomic mass is 79.9. The van der Waals surface area contributed by atoms with E-state index in [0.29, 0.717) is 10.9 Å². The smallest absolute Gasteiger partial charge is 0.233 e. The van der Waals surface area contributed by atoms with Crippen LogP contribution >= 0.6 is 15.9 Å². The summed E-state index contributed by atoms with van der Waals surface area (Å²) >= 11 is 3.21. The average molecular weight is 218 g/mol. The molecule has 0 atom stereocenters. The van der Waals surface area contributed by atoms with Gasteiger partial charge in [0, 0.05) is 12.1 Å². The number of amides is 1. The minimum atomic E-state index is 0.278. The number of rotatable bonds is 1. The molecule has 1 saturated carbocycles. The summed E-state index contributed by atoms with van der Waals surface area (Å²) in [5.74, 6) is 0.278. The summed E-state index contributed by atoms with van der Waals surface area (Å²) in [4.78, 5) is 13.4. The van der Waals surface area contributed by atoms with Crippen molar-refractivity contribution in [1.29, 1.82) is 0 Å². The maximum Gasteiger partial charge on any atom is 0.233 e. The molecule has 0 aromatic rings. The number of hydrogen-bond acceptors (Lipinski definition) is 1. The molecular formula is C8H12BrNO. The molecule has 1 saturated heterocycles. The molecule has 2 aliphatic rings. The van der Waals surface area contributed by atoms with Crippen molar-refractivity contribution in [3.8, 4) is 0 Å². The fourth-order valence-corrected chi connectivity index (χ4v) is 2.37. The van der Waals surface area contributed by atoms with Gasteiger partial charge in [-0.2, -0.15) is 0 Å². The van der Waals surface area contributed by atoms with Crippen LogP contribution in [0.15, 0.2) is 0 Å². The molecule has 0 bridgehead atoms. The number of carbonyl (C=O) groups is 1. The van der Waals surface area contributed by atoms with Crippen LogP contribution in [0.3, 0.4) is 0 Å². The third kappa shape index (κ3) is 1.10. The molecule has 0 aromatic carbocycles. The second-order valence-electron chi connectivity index (χ2n) is 3.51. The Balaban J connectivity index is 2.08. The third-order valence-electron chi connectivity index (χ3n) is 2.84. The van der Waals surface area contributed by atoms with Crippen molar-refractivity contribution in [2.45, 2.75) is 31.2 Å². The average Bonchev–Trinajstić information content (AvgIpc) is 2.63. The molecule has 1 heterocycles. The Kier molecular flexibility index (Phi) is 1.71. The first-order valence-electron chi connectivity index (χ1n) is 4.15. The van der Waals surface area contributed by atoms with E-state index in [0.717, 1.165) is 6.54 Å². The Labute approximate surface area is 75.1 Å². The molecule has 0 radical (unpaired) electrons. The second kappa shape index (κ2) is 2.47. The molecule has 0 aromatic heterocycles. The largest absolute Gasteiger partial charge is 0.336 e. The van der Waals surface area contributed by atoms with Gasteiger partial charge in [0.1, 0.15) is 0 Å². The van der Waals surface area contributed by atoms with Gasteiger partial charge in [-0.25, -0.2) is 0 Å². The Morgan fingerprint density at radius 2 is 2.18 bits per heavy atom. The topological polar surface area (TPSA) is 20.3 Å². The minimum absolute atomic E-state index is 0.278. The van der Waals surface area contributed by atoms with Gasteiger partial charge in [0.25, 0.3) is 0 Å². The molecule has 2 fully saturated rings. The Morgan fingerprint density at radius 3 is 2.73 bits per heavy atom. The molecule has 2 rings (SSSR count). The molecule has 1 amide bonds. The molecule has 1 spiro atoms. The van der Waals surface area contributed by atoms with Crippen molar-refractivity contribution in [2.24, 2.45) is 0 Å². The van der Waals surface area contributed by atoms with Gasteiger partial charge in [-0.3, -0.25) is 4.79 Å². The molecule has 3 heteroatoms. The standard InChI is InChI=1S/C8H12BrNO/c9-6-7(11)10-5-1-2-8(10)3-4-8/h1-6H2. The quantitative estimate of drug-likeness (QED) is 0.611. The summed E-state index contributed by atoms with van der Waals surface area (Å²) in [6.45, 7) is 0.991. The van der Waals surface area contributed by atoms with Crippen LogP contribution in [-0.2, 0) is 4.79 Å². The van der Waals surface area contributed by atoms with Crippen LogP contribution < -0.4 is 0 Å². The number of likely N-dealkylation sites (tertiary alicyclic amines) is 1. The van der Waals surface area contributed by atoms with E-state index in [4.69, 9.17) is 0 Å². The zero-order valence-corrected chi connectivity index (χ0v) is 8.06. The van der Waals surface area contributed by atoms with Gasteiger partial charge >= 0.3 is 0 Å². The van der Waals surface area contributed by atoms with E-state index in [2.05, 4.69) is 20.8 Å². The summed E-state index contributed by atoms with van der Waals surface area (Å²) < 4.78 is 0. The van der Waals surface area contributed by atoms with Crippen LogP contribution in [-0.4, -0.2) is 28.2 Å². The van der Waals surface area contributed by atoms with Crippen molar-refractivity contribution >= 4 is 21.8 Å². The number of nitrogens with zero attached hydrogens (tertiary/aromatic N) is 1. The lowest BCUT2D eigenvalue weighted by Gasteiger charge is -2.23. The van der Waals surface area contributed by atoms with E-state index < -0.39 is 0 Å². The summed E-state index contributed by atoms with van der Waals surface area (Å²) in [6, 6.07) is 0. The van der Waals surface area contributed by atoms with E-state index in [9.17, 15) is 4.79 Å². The van der Waals surface area contributed by atoms with E-state index in [1.165, 1.54) is 25.7 Å². The number of alkyl halides is 1. The van der Waals surface area contributed by atoms with Crippen LogP contribution in [0, 0.1) is 0 Å². The fraction of sp³-hybridized carbons (Fsp3) is 0.875. The molecule has 0 unspecified atom stereocenters. The van der Waals surface area contributed by atoms with Gasteiger partial charge in [0.15, 0.2) is 0 Å². The highest BCUT2D eigenvalue weighted by Crippen LogP contribution is 2.49. The van der Waals surface area contributed by atoms with Crippen LogP contribution in [0.4, 0.5) is 0 Å². The zero-order chi connectivity index (χ0) is 7.90. The van der Waals surface area contributed by atoms with E-state index in [1.54, 1.807) is 0 Å². The Hall–Kier alpha value is -0.0500. The van der Waals surface area contributed by atoms with E-state index in [-0.39, 0.29) is 5.91 Å². The second-order valence-corrected chi connectivity index (χ2v) is 4.07.